The molecule has 0 aromatic carbocycles. The average Bonchev–Trinajstić information content (AvgIpc) is 3.19. The van der Waals surface area contributed by atoms with Gasteiger partial charge in [-0.2, -0.15) is 15.0 Å². The Morgan fingerprint density at radius 1 is 1.30 bits per heavy atom. The molecule has 1 aliphatic rings. The van der Waals surface area contributed by atoms with Gasteiger partial charge in [0.1, 0.15) is 5.82 Å². The van der Waals surface area contributed by atoms with Crippen molar-refractivity contribution in [3.63, 3.8) is 0 Å². The van der Waals surface area contributed by atoms with Gasteiger partial charge < -0.3 is 15.5 Å². The van der Waals surface area contributed by atoms with Gasteiger partial charge in [0.25, 0.3) is 0 Å². The van der Waals surface area contributed by atoms with Gasteiger partial charge in [0.05, 0.1) is 6.54 Å². The molecule has 1 saturated carbocycles. The lowest BCUT2D eigenvalue weighted by Crippen LogP contribution is -2.32. The molecule has 0 atom stereocenters. The second-order valence-electron chi connectivity index (χ2n) is 5.56. The summed E-state index contributed by atoms with van der Waals surface area (Å²) in [6, 6.07) is 0.367. The third kappa shape index (κ3) is 4.04. The number of anilines is 2. The van der Waals surface area contributed by atoms with Crippen LogP contribution in [-0.4, -0.2) is 47.5 Å². The van der Waals surface area contributed by atoms with E-state index in [4.69, 9.17) is 0 Å². The van der Waals surface area contributed by atoms with Crippen LogP contribution in [0.2, 0.25) is 0 Å². The van der Waals surface area contributed by atoms with Crippen molar-refractivity contribution in [2.75, 3.05) is 30.9 Å². The minimum atomic E-state index is -0.0228. The Hall–Kier alpha value is -1.92. The van der Waals surface area contributed by atoms with Crippen LogP contribution in [0.25, 0.3) is 0 Å². The summed E-state index contributed by atoms with van der Waals surface area (Å²) in [6.07, 6.45) is 2.17. The standard InChI is InChI=1S/C13H22N6O/c1-8(2)11-16-12(18-13(17-11)19(3)4)14-7-10(20)15-9-5-6-9/h8-9H,5-7H2,1-4H3,(H,15,20)(H,14,16,17,18). The Morgan fingerprint density at radius 3 is 2.55 bits per heavy atom. The Morgan fingerprint density at radius 2 is 2.00 bits per heavy atom. The number of hydrogen-bond donors (Lipinski definition) is 2. The maximum Gasteiger partial charge on any atom is 0.239 e. The summed E-state index contributed by atoms with van der Waals surface area (Å²) in [6.45, 7) is 4.24. The Labute approximate surface area is 119 Å². The Balaban J connectivity index is 2.03. The third-order valence-corrected chi connectivity index (χ3v) is 2.91. The molecule has 0 saturated heterocycles. The molecule has 1 aromatic heterocycles. The molecule has 0 unspecified atom stereocenters. The number of nitrogens with zero attached hydrogens (tertiary/aromatic N) is 4. The first-order valence-corrected chi connectivity index (χ1v) is 6.92. The molecular formula is C13H22N6O. The van der Waals surface area contributed by atoms with Crippen LogP contribution in [0.1, 0.15) is 38.4 Å². The van der Waals surface area contributed by atoms with E-state index in [0.717, 1.165) is 12.8 Å². The molecule has 0 bridgehead atoms. The topological polar surface area (TPSA) is 83.0 Å². The number of carbonyl (C=O) groups excluding carboxylic acids is 1. The van der Waals surface area contributed by atoms with E-state index < -0.39 is 0 Å². The molecular weight excluding hydrogens is 256 g/mol. The van der Waals surface area contributed by atoms with E-state index in [1.54, 1.807) is 0 Å². The predicted molar refractivity (Wildman–Crippen MR) is 77.9 cm³/mol. The van der Waals surface area contributed by atoms with Crippen molar-refractivity contribution < 1.29 is 4.79 Å². The molecule has 2 N–H and O–H groups in total. The lowest BCUT2D eigenvalue weighted by atomic mass is 10.2. The average molecular weight is 278 g/mol. The van der Waals surface area contributed by atoms with Crippen LogP contribution >= 0.6 is 0 Å². The summed E-state index contributed by atoms with van der Waals surface area (Å²) < 4.78 is 0. The minimum Gasteiger partial charge on any atom is -0.352 e. The van der Waals surface area contributed by atoms with Crippen molar-refractivity contribution in [1.82, 2.24) is 20.3 Å². The number of nitrogens with one attached hydrogen (secondary N) is 2. The molecule has 0 spiro atoms. The normalized spacial score (nSPS) is 14.2. The highest BCUT2D eigenvalue weighted by Crippen LogP contribution is 2.18. The van der Waals surface area contributed by atoms with Gasteiger partial charge in [-0.3, -0.25) is 4.79 Å². The molecule has 1 aliphatic carbocycles. The van der Waals surface area contributed by atoms with Crippen LogP contribution in [-0.2, 0) is 4.79 Å². The van der Waals surface area contributed by atoms with E-state index in [1.807, 2.05) is 32.8 Å². The maximum absolute atomic E-state index is 11.6. The van der Waals surface area contributed by atoms with Crippen molar-refractivity contribution >= 4 is 17.8 Å². The molecule has 1 aromatic rings. The van der Waals surface area contributed by atoms with E-state index in [1.165, 1.54) is 0 Å². The van der Waals surface area contributed by atoms with E-state index in [2.05, 4.69) is 25.6 Å². The zero-order chi connectivity index (χ0) is 14.7. The molecule has 0 aliphatic heterocycles. The highest BCUT2D eigenvalue weighted by molar-refractivity contribution is 5.80. The zero-order valence-corrected chi connectivity index (χ0v) is 12.5. The second-order valence-corrected chi connectivity index (χ2v) is 5.56. The number of rotatable bonds is 6. The quantitative estimate of drug-likeness (QED) is 0.799. The summed E-state index contributed by atoms with van der Waals surface area (Å²) in [5.74, 6) is 1.93. The largest absolute Gasteiger partial charge is 0.352 e. The molecule has 1 amide bonds. The predicted octanol–water partition coefficient (Wildman–Crippen LogP) is 0.751. The molecule has 1 heterocycles. The first-order valence-electron chi connectivity index (χ1n) is 6.92. The van der Waals surface area contributed by atoms with Crippen LogP contribution in [0.3, 0.4) is 0 Å². The molecule has 110 valence electrons. The SMILES string of the molecule is CC(C)c1nc(NCC(=O)NC2CC2)nc(N(C)C)n1. The van der Waals surface area contributed by atoms with E-state index in [-0.39, 0.29) is 18.4 Å². The van der Waals surface area contributed by atoms with Gasteiger partial charge in [0.15, 0.2) is 0 Å². The molecule has 2 rings (SSSR count). The van der Waals surface area contributed by atoms with Gasteiger partial charge in [0.2, 0.25) is 17.8 Å². The fourth-order valence-electron chi connectivity index (χ4n) is 1.58. The second kappa shape index (κ2) is 6.02. The van der Waals surface area contributed by atoms with Crippen LogP contribution in [0.15, 0.2) is 0 Å². The van der Waals surface area contributed by atoms with Crippen molar-refractivity contribution in [2.45, 2.75) is 38.6 Å². The van der Waals surface area contributed by atoms with E-state index >= 15 is 0 Å². The van der Waals surface area contributed by atoms with Gasteiger partial charge in [0, 0.05) is 26.1 Å². The monoisotopic (exact) mass is 278 g/mol. The third-order valence-electron chi connectivity index (χ3n) is 2.91. The van der Waals surface area contributed by atoms with Crippen LogP contribution in [0.4, 0.5) is 11.9 Å². The first-order chi connectivity index (χ1) is 9.45. The fourth-order valence-corrected chi connectivity index (χ4v) is 1.58. The summed E-state index contributed by atoms with van der Waals surface area (Å²) in [7, 11) is 3.76. The summed E-state index contributed by atoms with van der Waals surface area (Å²) in [4.78, 5) is 26.5. The molecule has 1 fully saturated rings. The highest BCUT2D eigenvalue weighted by atomic mass is 16.2. The van der Waals surface area contributed by atoms with Gasteiger partial charge in [-0.25, -0.2) is 0 Å². The molecule has 20 heavy (non-hydrogen) atoms. The van der Waals surface area contributed by atoms with Gasteiger partial charge in [-0.1, -0.05) is 13.8 Å². The fraction of sp³-hybridized carbons (Fsp3) is 0.692. The smallest absolute Gasteiger partial charge is 0.239 e. The van der Waals surface area contributed by atoms with Crippen molar-refractivity contribution in [1.29, 1.82) is 0 Å². The lowest BCUT2D eigenvalue weighted by molar-refractivity contribution is -0.119. The van der Waals surface area contributed by atoms with Crippen LogP contribution < -0.4 is 15.5 Å². The van der Waals surface area contributed by atoms with Gasteiger partial charge >= 0.3 is 0 Å². The number of aromatic nitrogens is 3. The number of amides is 1. The van der Waals surface area contributed by atoms with Crippen molar-refractivity contribution in [2.24, 2.45) is 0 Å². The van der Waals surface area contributed by atoms with E-state index in [9.17, 15) is 4.79 Å². The van der Waals surface area contributed by atoms with E-state index in [0.29, 0.717) is 23.8 Å². The number of hydrogen-bond acceptors (Lipinski definition) is 6. The first kappa shape index (κ1) is 14.5. The summed E-state index contributed by atoms with van der Waals surface area (Å²) >= 11 is 0. The molecule has 7 nitrogen and oxygen atoms in total. The summed E-state index contributed by atoms with van der Waals surface area (Å²) in [5.41, 5.74) is 0. The number of carbonyl (C=O) groups is 1. The highest BCUT2D eigenvalue weighted by Gasteiger charge is 2.23. The summed E-state index contributed by atoms with van der Waals surface area (Å²) in [5, 5.41) is 5.88. The van der Waals surface area contributed by atoms with Crippen LogP contribution in [0.5, 0.6) is 0 Å². The minimum absolute atomic E-state index is 0.0228. The van der Waals surface area contributed by atoms with Gasteiger partial charge in [-0.05, 0) is 12.8 Å². The molecule has 7 heteroatoms. The van der Waals surface area contributed by atoms with Crippen molar-refractivity contribution in [3.8, 4) is 0 Å². The Bertz CT molecular complexity index is 457. The van der Waals surface area contributed by atoms with Crippen molar-refractivity contribution in [3.05, 3.63) is 5.82 Å². The van der Waals surface area contributed by atoms with Crippen LogP contribution in [0, 0.1) is 0 Å². The zero-order valence-electron chi connectivity index (χ0n) is 12.5. The molecule has 0 radical (unpaired) electrons. The Kier molecular flexibility index (Phi) is 4.36. The van der Waals surface area contributed by atoms with Gasteiger partial charge in [-0.15, -0.1) is 0 Å². The maximum atomic E-state index is 11.6. The lowest BCUT2D eigenvalue weighted by Gasteiger charge is -2.14.